The first-order valence-corrected chi connectivity index (χ1v) is 5.49. The summed E-state index contributed by atoms with van der Waals surface area (Å²) in [4.78, 5) is 13.5. The van der Waals surface area contributed by atoms with E-state index in [1.54, 1.807) is 0 Å². The van der Waals surface area contributed by atoms with Crippen molar-refractivity contribution >= 4 is 5.91 Å². The molecule has 1 amide bonds. The topological polar surface area (TPSA) is 32.3 Å². The van der Waals surface area contributed by atoms with Gasteiger partial charge in [-0.15, -0.1) is 0 Å². The molecule has 0 aliphatic carbocycles. The molecule has 3 nitrogen and oxygen atoms in total. The predicted octanol–water partition coefficient (Wildman–Crippen LogP) is 1.79. The minimum Gasteiger partial charge on any atom is -0.352 e. The highest BCUT2D eigenvalue weighted by Crippen LogP contribution is 2.13. The number of carbonyl (C=O) groups excluding carboxylic acids is 1. The number of rotatable bonds is 5. The molecule has 0 atom stereocenters. The highest BCUT2D eigenvalue weighted by Gasteiger charge is 2.14. The van der Waals surface area contributed by atoms with E-state index in [1.807, 2.05) is 19.0 Å². The Balaban J connectivity index is 2.57. The molecule has 1 aromatic rings. The van der Waals surface area contributed by atoms with Crippen molar-refractivity contribution in [1.82, 2.24) is 10.2 Å². The van der Waals surface area contributed by atoms with Gasteiger partial charge in [0.1, 0.15) is 0 Å². The zero-order chi connectivity index (χ0) is 13.7. The third-order valence-corrected chi connectivity index (χ3v) is 2.31. The largest absolute Gasteiger partial charge is 0.352 e. The van der Waals surface area contributed by atoms with Crippen LogP contribution in [-0.2, 0) is 0 Å². The van der Waals surface area contributed by atoms with Crippen LogP contribution in [-0.4, -0.2) is 38.0 Å². The Morgan fingerprint density at radius 1 is 1.22 bits per heavy atom. The van der Waals surface area contributed by atoms with Crippen LogP contribution in [0.15, 0.2) is 12.1 Å². The van der Waals surface area contributed by atoms with Crippen molar-refractivity contribution in [2.75, 3.05) is 27.2 Å². The quantitative estimate of drug-likeness (QED) is 0.646. The van der Waals surface area contributed by atoms with E-state index in [1.165, 1.54) is 0 Å². The summed E-state index contributed by atoms with van der Waals surface area (Å²) in [5.74, 6) is -4.92. The van der Waals surface area contributed by atoms with E-state index in [0.29, 0.717) is 25.1 Å². The molecule has 0 saturated carbocycles. The Hall–Kier alpha value is -1.56. The summed E-state index contributed by atoms with van der Waals surface area (Å²) in [6.07, 6.45) is 0.713. The van der Waals surface area contributed by atoms with Crippen molar-refractivity contribution in [2.24, 2.45) is 0 Å². The summed E-state index contributed by atoms with van der Waals surface area (Å²) < 4.78 is 38.5. The van der Waals surface area contributed by atoms with Crippen molar-refractivity contribution in [3.8, 4) is 0 Å². The lowest BCUT2D eigenvalue weighted by Gasteiger charge is -2.10. The number of hydrogen-bond donors (Lipinski definition) is 1. The Morgan fingerprint density at radius 3 is 2.28 bits per heavy atom. The van der Waals surface area contributed by atoms with Crippen LogP contribution in [0.2, 0.25) is 0 Å². The Kier molecular flexibility index (Phi) is 5.15. The van der Waals surface area contributed by atoms with Gasteiger partial charge < -0.3 is 10.2 Å². The molecule has 0 aromatic heterocycles. The molecule has 18 heavy (non-hydrogen) atoms. The maximum Gasteiger partial charge on any atom is 0.251 e. The molecular formula is C12H15F3N2O. The Morgan fingerprint density at radius 2 is 1.78 bits per heavy atom. The highest BCUT2D eigenvalue weighted by atomic mass is 19.2. The van der Waals surface area contributed by atoms with Crippen molar-refractivity contribution in [2.45, 2.75) is 6.42 Å². The van der Waals surface area contributed by atoms with Gasteiger partial charge in [0.2, 0.25) is 0 Å². The summed E-state index contributed by atoms with van der Waals surface area (Å²) in [6.45, 7) is 1.17. The van der Waals surface area contributed by atoms with E-state index in [4.69, 9.17) is 0 Å². The van der Waals surface area contributed by atoms with E-state index in [0.717, 1.165) is 6.54 Å². The van der Waals surface area contributed by atoms with Crippen molar-refractivity contribution < 1.29 is 18.0 Å². The van der Waals surface area contributed by atoms with Gasteiger partial charge in [-0.25, -0.2) is 13.2 Å². The second kappa shape index (κ2) is 6.39. The zero-order valence-electron chi connectivity index (χ0n) is 10.3. The maximum absolute atomic E-state index is 12.9. The summed E-state index contributed by atoms with van der Waals surface area (Å²) in [5, 5.41) is 2.51. The van der Waals surface area contributed by atoms with Gasteiger partial charge in [0.05, 0.1) is 0 Å². The average Bonchev–Trinajstić information content (AvgIpc) is 2.30. The monoisotopic (exact) mass is 260 g/mol. The lowest BCUT2D eigenvalue weighted by molar-refractivity contribution is 0.0951. The number of carbonyl (C=O) groups is 1. The number of nitrogens with zero attached hydrogens (tertiary/aromatic N) is 1. The zero-order valence-corrected chi connectivity index (χ0v) is 10.3. The fourth-order valence-electron chi connectivity index (χ4n) is 1.39. The van der Waals surface area contributed by atoms with Crippen LogP contribution >= 0.6 is 0 Å². The van der Waals surface area contributed by atoms with Crippen molar-refractivity contribution in [1.29, 1.82) is 0 Å². The first-order valence-electron chi connectivity index (χ1n) is 5.49. The lowest BCUT2D eigenvalue weighted by atomic mass is 10.2. The molecule has 0 spiro atoms. The molecule has 1 rings (SSSR count). The van der Waals surface area contributed by atoms with Gasteiger partial charge in [0.15, 0.2) is 17.5 Å². The van der Waals surface area contributed by atoms with E-state index in [9.17, 15) is 18.0 Å². The van der Waals surface area contributed by atoms with E-state index < -0.39 is 23.4 Å². The number of amides is 1. The van der Waals surface area contributed by atoms with Gasteiger partial charge >= 0.3 is 0 Å². The molecule has 0 aliphatic rings. The summed E-state index contributed by atoms with van der Waals surface area (Å²) >= 11 is 0. The van der Waals surface area contributed by atoms with Gasteiger partial charge in [-0.05, 0) is 39.2 Å². The van der Waals surface area contributed by atoms with Gasteiger partial charge in [-0.2, -0.15) is 0 Å². The first-order chi connectivity index (χ1) is 8.41. The van der Waals surface area contributed by atoms with Gasteiger partial charge in [0, 0.05) is 12.1 Å². The molecule has 0 aliphatic heterocycles. The standard InChI is InChI=1S/C12H15F3N2O/c1-17(2)5-3-4-16-12(18)8-6-9(13)11(15)10(14)7-8/h6-7H,3-5H2,1-2H3,(H,16,18). The van der Waals surface area contributed by atoms with Gasteiger partial charge in [-0.3, -0.25) is 4.79 Å². The third-order valence-electron chi connectivity index (χ3n) is 2.31. The van der Waals surface area contributed by atoms with Crippen LogP contribution in [0.3, 0.4) is 0 Å². The van der Waals surface area contributed by atoms with Gasteiger partial charge in [0.25, 0.3) is 5.91 Å². The predicted molar refractivity (Wildman–Crippen MR) is 61.8 cm³/mol. The summed E-state index contributed by atoms with van der Waals surface area (Å²) in [7, 11) is 3.79. The molecular weight excluding hydrogens is 245 g/mol. The third kappa shape index (κ3) is 4.03. The highest BCUT2D eigenvalue weighted by molar-refractivity contribution is 5.94. The van der Waals surface area contributed by atoms with E-state index >= 15 is 0 Å². The first kappa shape index (κ1) is 14.5. The van der Waals surface area contributed by atoms with Crippen LogP contribution in [0.1, 0.15) is 16.8 Å². The SMILES string of the molecule is CN(C)CCCNC(=O)c1cc(F)c(F)c(F)c1. The molecule has 100 valence electrons. The number of halogens is 3. The lowest BCUT2D eigenvalue weighted by Crippen LogP contribution is -2.27. The van der Waals surface area contributed by atoms with Gasteiger partial charge in [-0.1, -0.05) is 0 Å². The molecule has 0 fully saturated rings. The minimum absolute atomic E-state index is 0.226. The molecule has 0 bridgehead atoms. The van der Waals surface area contributed by atoms with Crippen LogP contribution in [0.25, 0.3) is 0 Å². The van der Waals surface area contributed by atoms with Crippen LogP contribution in [0.4, 0.5) is 13.2 Å². The molecule has 1 aromatic carbocycles. The number of hydrogen-bond acceptors (Lipinski definition) is 2. The second-order valence-electron chi connectivity index (χ2n) is 4.17. The van der Waals surface area contributed by atoms with Crippen molar-refractivity contribution in [3.05, 3.63) is 35.1 Å². The summed E-state index contributed by atoms with van der Waals surface area (Å²) in [5.41, 5.74) is -0.226. The number of benzene rings is 1. The average molecular weight is 260 g/mol. The normalized spacial score (nSPS) is 10.8. The van der Waals surface area contributed by atoms with Crippen molar-refractivity contribution in [3.63, 3.8) is 0 Å². The fourth-order valence-corrected chi connectivity index (χ4v) is 1.39. The Bertz CT molecular complexity index is 412. The molecule has 0 radical (unpaired) electrons. The van der Waals surface area contributed by atoms with Crippen LogP contribution < -0.4 is 5.32 Å². The fraction of sp³-hybridized carbons (Fsp3) is 0.417. The molecule has 6 heteroatoms. The van der Waals surface area contributed by atoms with Crippen LogP contribution in [0.5, 0.6) is 0 Å². The Labute approximate surface area is 104 Å². The molecule has 0 heterocycles. The minimum atomic E-state index is -1.57. The second-order valence-corrected chi connectivity index (χ2v) is 4.17. The molecule has 0 unspecified atom stereocenters. The maximum atomic E-state index is 12.9. The summed E-state index contributed by atoms with van der Waals surface area (Å²) in [6, 6.07) is 1.36. The van der Waals surface area contributed by atoms with Crippen LogP contribution in [0, 0.1) is 17.5 Å². The smallest absolute Gasteiger partial charge is 0.251 e. The molecule has 0 saturated heterocycles. The number of nitrogens with one attached hydrogen (secondary N) is 1. The molecule has 1 N–H and O–H groups in total. The van der Waals surface area contributed by atoms with E-state index in [-0.39, 0.29) is 5.56 Å². The van der Waals surface area contributed by atoms with E-state index in [2.05, 4.69) is 5.32 Å².